The minimum Gasteiger partial charge on any atom is -0.481 e. The van der Waals surface area contributed by atoms with Gasteiger partial charge in [-0.1, -0.05) is 6.07 Å². The van der Waals surface area contributed by atoms with Gasteiger partial charge in [-0.05, 0) is 75.8 Å². The number of rotatable bonds is 6. The predicted molar refractivity (Wildman–Crippen MR) is 114 cm³/mol. The second kappa shape index (κ2) is 8.52. The molecular weight excluding hydrogens is 454 g/mol. The summed E-state index contributed by atoms with van der Waals surface area (Å²) in [6, 6.07) is 2.21. The van der Waals surface area contributed by atoms with Crippen LogP contribution in [0, 0.1) is 40.4 Å². The first kappa shape index (κ1) is 24.5. The van der Waals surface area contributed by atoms with Gasteiger partial charge in [0.1, 0.15) is 17.3 Å². The molecule has 4 saturated carbocycles. The first-order valence-electron chi connectivity index (χ1n) is 11.3. The summed E-state index contributed by atoms with van der Waals surface area (Å²) in [4.78, 5) is 15.9. The number of carboxylic acid groups (broad SMARTS) is 1. The largest absolute Gasteiger partial charge is 0.481 e. The lowest BCUT2D eigenvalue weighted by molar-refractivity contribution is -0.166. The average molecular weight is 481 g/mol. The minimum absolute atomic E-state index is 0.0459. The Morgan fingerprint density at radius 2 is 1.91 bits per heavy atom. The van der Waals surface area contributed by atoms with Crippen molar-refractivity contribution in [1.29, 1.82) is 5.26 Å². The minimum atomic E-state index is -4.64. The van der Waals surface area contributed by atoms with Crippen LogP contribution in [0.5, 0.6) is 0 Å². The van der Waals surface area contributed by atoms with Gasteiger partial charge in [0.05, 0.1) is 17.6 Å². The number of amidine groups is 1. The van der Waals surface area contributed by atoms with Crippen molar-refractivity contribution in [3.8, 4) is 6.19 Å². The fourth-order valence-electron chi connectivity index (χ4n) is 6.24. The highest BCUT2D eigenvalue weighted by molar-refractivity contribution is 5.91. The number of aliphatic carboxylic acids is 1. The second-order valence-corrected chi connectivity index (χ2v) is 10.4. The molecular formula is C24H27F4N3O3. The molecule has 1 aromatic carbocycles. The summed E-state index contributed by atoms with van der Waals surface area (Å²) < 4.78 is 58.5. The summed E-state index contributed by atoms with van der Waals surface area (Å²) in [6.07, 6.45) is 0.814. The van der Waals surface area contributed by atoms with Crippen LogP contribution < -0.4 is 5.32 Å². The standard InChI is InChI=1S/C24H27F4N3O3/c1-22(2,34-11-14-3-4-17(7-18(14)25)24(26,27)28)20(30-12-29)31-19-15-5-13-6-16(19)10-23(8-13,9-15)21(32)33/h3-4,7,13,15-16,19H,5-6,8-11H2,1-2H3,(H,30,31)(H,32,33). The topological polar surface area (TPSA) is 94.7 Å². The van der Waals surface area contributed by atoms with Crippen LogP contribution in [-0.4, -0.2) is 28.6 Å². The third-order valence-corrected chi connectivity index (χ3v) is 7.73. The lowest BCUT2D eigenvalue weighted by atomic mass is 9.48. The number of ether oxygens (including phenoxy) is 1. The molecule has 2 N–H and O–H groups in total. The van der Waals surface area contributed by atoms with Crippen LogP contribution in [0.15, 0.2) is 23.2 Å². The van der Waals surface area contributed by atoms with E-state index in [1.54, 1.807) is 20.0 Å². The molecule has 0 saturated heterocycles. The molecule has 0 amide bonds. The molecule has 10 heteroatoms. The van der Waals surface area contributed by atoms with Gasteiger partial charge in [0.2, 0.25) is 6.19 Å². The molecule has 2 atom stereocenters. The van der Waals surface area contributed by atoms with Crippen molar-refractivity contribution in [2.24, 2.45) is 28.2 Å². The van der Waals surface area contributed by atoms with Gasteiger partial charge in [0.25, 0.3) is 0 Å². The predicted octanol–water partition coefficient (Wildman–Crippen LogP) is 4.89. The van der Waals surface area contributed by atoms with Crippen molar-refractivity contribution >= 4 is 11.8 Å². The van der Waals surface area contributed by atoms with Gasteiger partial charge >= 0.3 is 12.1 Å². The lowest BCUT2D eigenvalue weighted by Crippen LogP contribution is -2.62. The maximum Gasteiger partial charge on any atom is 0.416 e. The van der Waals surface area contributed by atoms with Crippen molar-refractivity contribution in [2.45, 2.75) is 70.4 Å². The van der Waals surface area contributed by atoms with Crippen LogP contribution in [0.25, 0.3) is 0 Å². The fraction of sp³-hybridized carbons (Fsp3) is 0.625. The molecule has 4 bridgehead atoms. The fourth-order valence-corrected chi connectivity index (χ4v) is 6.24. The maximum absolute atomic E-state index is 14.2. The first-order chi connectivity index (χ1) is 15.8. The Kier molecular flexibility index (Phi) is 6.13. The molecule has 2 unspecified atom stereocenters. The smallest absolute Gasteiger partial charge is 0.416 e. The van der Waals surface area contributed by atoms with E-state index in [2.05, 4.69) is 10.3 Å². The van der Waals surface area contributed by atoms with Gasteiger partial charge in [-0.3, -0.25) is 4.79 Å². The molecule has 0 spiro atoms. The van der Waals surface area contributed by atoms with Crippen molar-refractivity contribution in [1.82, 2.24) is 5.32 Å². The number of benzene rings is 1. The molecule has 5 rings (SSSR count). The van der Waals surface area contributed by atoms with Crippen LogP contribution in [0.1, 0.15) is 57.1 Å². The van der Waals surface area contributed by atoms with Crippen LogP contribution >= 0.6 is 0 Å². The quantitative estimate of drug-likeness (QED) is 0.261. The van der Waals surface area contributed by atoms with E-state index >= 15 is 0 Å². The molecule has 1 aromatic rings. The zero-order valence-corrected chi connectivity index (χ0v) is 19.0. The van der Waals surface area contributed by atoms with Crippen molar-refractivity contribution in [3.63, 3.8) is 0 Å². The number of hydrogen-bond acceptors (Lipinski definition) is 4. The number of halogens is 4. The zero-order chi connectivity index (χ0) is 24.9. The Balaban J connectivity index is 1.47. The van der Waals surface area contributed by atoms with Crippen LogP contribution in [0.2, 0.25) is 0 Å². The van der Waals surface area contributed by atoms with Crippen molar-refractivity contribution < 1.29 is 32.2 Å². The summed E-state index contributed by atoms with van der Waals surface area (Å²) >= 11 is 0. The summed E-state index contributed by atoms with van der Waals surface area (Å²) in [6.45, 7) is 2.98. The number of hydrogen-bond donors (Lipinski definition) is 2. The van der Waals surface area contributed by atoms with E-state index < -0.39 is 34.5 Å². The normalized spacial score (nSPS) is 30.8. The molecule has 4 fully saturated rings. The Morgan fingerprint density at radius 1 is 1.26 bits per heavy atom. The molecule has 6 nitrogen and oxygen atoms in total. The summed E-state index contributed by atoms with van der Waals surface area (Å²) in [5, 5.41) is 22.4. The number of carboxylic acids is 1. The van der Waals surface area contributed by atoms with Crippen molar-refractivity contribution in [3.05, 3.63) is 35.1 Å². The van der Waals surface area contributed by atoms with Gasteiger partial charge in [0.15, 0.2) is 0 Å². The van der Waals surface area contributed by atoms with Crippen LogP contribution in [0.4, 0.5) is 17.6 Å². The summed E-state index contributed by atoms with van der Waals surface area (Å²) in [5.74, 6) is -0.876. The molecule has 34 heavy (non-hydrogen) atoms. The SMILES string of the molecule is CC(C)(OCc1ccc(C(F)(F)F)cc1F)C(=NC#N)NC1C2CC3CC1CC(C(=O)O)(C3)C2. The van der Waals surface area contributed by atoms with E-state index in [4.69, 9.17) is 4.74 Å². The summed E-state index contributed by atoms with van der Waals surface area (Å²) in [5.41, 5.74) is -2.96. The average Bonchev–Trinajstić information content (AvgIpc) is 2.73. The van der Waals surface area contributed by atoms with Gasteiger partial charge in [-0.2, -0.15) is 23.4 Å². The van der Waals surface area contributed by atoms with Gasteiger partial charge < -0.3 is 15.2 Å². The first-order valence-corrected chi connectivity index (χ1v) is 11.3. The van der Waals surface area contributed by atoms with E-state index in [-0.39, 0.29) is 35.9 Å². The maximum atomic E-state index is 14.2. The third kappa shape index (κ3) is 4.50. The highest BCUT2D eigenvalue weighted by atomic mass is 19.4. The number of nitrogens with zero attached hydrogens (tertiary/aromatic N) is 2. The highest BCUT2D eigenvalue weighted by Crippen LogP contribution is 2.60. The molecule has 0 radical (unpaired) electrons. The van der Waals surface area contributed by atoms with E-state index in [9.17, 15) is 32.7 Å². The number of carbonyl (C=O) groups is 1. The molecule has 184 valence electrons. The highest BCUT2D eigenvalue weighted by Gasteiger charge is 2.59. The van der Waals surface area contributed by atoms with Gasteiger partial charge in [-0.25, -0.2) is 4.39 Å². The van der Waals surface area contributed by atoms with Crippen LogP contribution in [0.3, 0.4) is 0 Å². The van der Waals surface area contributed by atoms with Crippen LogP contribution in [-0.2, 0) is 22.3 Å². The Labute approximate surface area is 195 Å². The van der Waals surface area contributed by atoms with E-state index in [0.717, 1.165) is 25.0 Å². The monoisotopic (exact) mass is 481 g/mol. The van der Waals surface area contributed by atoms with Crippen molar-refractivity contribution in [2.75, 3.05) is 0 Å². The molecule has 4 aliphatic rings. The number of nitrogens with one attached hydrogen (secondary N) is 1. The third-order valence-electron chi connectivity index (χ3n) is 7.73. The Hall–Kier alpha value is -2.67. The summed E-state index contributed by atoms with van der Waals surface area (Å²) in [7, 11) is 0. The number of nitriles is 1. The van der Waals surface area contributed by atoms with Gasteiger partial charge in [-0.15, -0.1) is 0 Å². The number of alkyl halides is 3. The molecule has 0 heterocycles. The van der Waals surface area contributed by atoms with E-state index in [0.29, 0.717) is 31.2 Å². The Morgan fingerprint density at radius 3 is 2.44 bits per heavy atom. The zero-order valence-electron chi connectivity index (χ0n) is 19.0. The lowest BCUT2D eigenvalue weighted by Gasteiger charge is -2.58. The Bertz CT molecular complexity index is 1030. The van der Waals surface area contributed by atoms with E-state index in [1.165, 1.54) is 0 Å². The molecule has 0 aliphatic heterocycles. The second-order valence-electron chi connectivity index (χ2n) is 10.4. The molecule has 4 aliphatic carbocycles. The van der Waals surface area contributed by atoms with Gasteiger partial charge in [0, 0.05) is 11.6 Å². The molecule has 0 aromatic heterocycles. The van der Waals surface area contributed by atoms with E-state index in [1.807, 2.05) is 0 Å². The number of aliphatic imine (C=N–C) groups is 1.